The number of hydrogen-bond donors (Lipinski definition) is 1. The molecule has 0 aromatic carbocycles. The second-order valence-electron chi connectivity index (χ2n) is 4.27. The molecule has 0 spiro atoms. The maximum absolute atomic E-state index is 12.3. The lowest BCUT2D eigenvalue weighted by Crippen LogP contribution is -2.41. The van der Waals surface area contributed by atoms with E-state index < -0.39 is 10.0 Å². The molecule has 1 aromatic heterocycles. The number of carbonyl (C=O) groups is 1. The van der Waals surface area contributed by atoms with Gasteiger partial charge < -0.3 is 5.73 Å². The fraction of sp³-hybridized carbons (Fsp3) is 0.500. The Morgan fingerprint density at radius 2 is 1.84 bits per heavy atom. The molecule has 2 N–H and O–H groups in total. The van der Waals surface area contributed by atoms with Crippen molar-refractivity contribution in [2.24, 2.45) is 11.7 Å². The molecule has 0 radical (unpaired) electrons. The van der Waals surface area contributed by atoms with Crippen LogP contribution in [0.1, 0.15) is 12.8 Å². The van der Waals surface area contributed by atoms with E-state index in [0.29, 0.717) is 12.8 Å². The molecule has 1 amide bonds. The topological polar surface area (TPSA) is 106 Å². The van der Waals surface area contributed by atoms with Crippen LogP contribution < -0.4 is 5.73 Å². The van der Waals surface area contributed by atoms with Gasteiger partial charge in [-0.2, -0.15) is 4.31 Å². The summed E-state index contributed by atoms with van der Waals surface area (Å²) in [5.41, 5.74) is 5.21. The van der Waals surface area contributed by atoms with Gasteiger partial charge in [-0.05, 0) is 24.4 Å². The largest absolute Gasteiger partial charge is 0.369 e. The van der Waals surface area contributed by atoms with Crippen molar-refractivity contribution in [3.63, 3.8) is 0 Å². The van der Waals surface area contributed by atoms with E-state index in [0.717, 1.165) is 0 Å². The summed E-state index contributed by atoms with van der Waals surface area (Å²) in [6.45, 7) is 0.525. The highest BCUT2D eigenvalue weighted by molar-refractivity contribution is 7.89. The molecule has 1 aliphatic rings. The molecule has 2 heterocycles. The maximum Gasteiger partial charge on any atom is 0.246 e. The number of amides is 1. The summed E-state index contributed by atoms with van der Waals surface area (Å²) in [6.07, 6.45) is 3.21. The normalized spacial score (nSPS) is 18.4. The van der Waals surface area contributed by atoms with Crippen LogP contribution >= 0.6 is 11.6 Å². The van der Waals surface area contributed by atoms with E-state index in [9.17, 15) is 13.2 Å². The summed E-state index contributed by atoms with van der Waals surface area (Å²) in [4.78, 5) is 18.3. The van der Waals surface area contributed by atoms with Crippen molar-refractivity contribution in [2.75, 3.05) is 13.1 Å². The van der Waals surface area contributed by atoms with Crippen LogP contribution in [0.2, 0.25) is 5.28 Å². The Balaban J connectivity index is 2.14. The van der Waals surface area contributed by atoms with Gasteiger partial charge in [0.2, 0.25) is 21.2 Å². The standard InChI is InChI=1S/C10H13ClN4O3S/c11-10-13-5-8(6-14-10)19(17,18)15-3-1-7(2-4-15)9(12)16/h5-7H,1-4H2,(H2,12,16). The Hall–Kier alpha value is -1.25. The summed E-state index contributed by atoms with van der Waals surface area (Å²) in [7, 11) is -3.63. The van der Waals surface area contributed by atoms with Gasteiger partial charge in [0.05, 0.1) is 12.4 Å². The van der Waals surface area contributed by atoms with Crippen LogP contribution in [0, 0.1) is 5.92 Å². The van der Waals surface area contributed by atoms with Gasteiger partial charge >= 0.3 is 0 Å². The van der Waals surface area contributed by atoms with E-state index in [1.807, 2.05) is 0 Å². The van der Waals surface area contributed by atoms with Gasteiger partial charge in [-0.25, -0.2) is 18.4 Å². The SMILES string of the molecule is NC(=O)C1CCN(S(=O)(=O)c2cnc(Cl)nc2)CC1. The first kappa shape index (κ1) is 14.2. The molecule has 2 rings (SSSR count). The molecule has 19 heavy (non-hydrogen) atoms. The van der Waals surface area contributed by atoms with Gasteiger partial charge in [0.25, 0.3) is 0 Å². The van der Waals surface area contributed by atoms with Gasteiger partial charge in [0.15, 0.2) is 0 Å². The zero-order valence-corrected chi connectivity index (χ0v) is 11.6. The average Bonchev–Trinajstić information content (AvgIpc) is 2.39. The molecule has 1 saturated heterocycles. The number of rotatable bonds is 3. The molecule has 1 aliphatic heterocycles. The molecule has 0 atom stereocenters. The van der Waals surface area contributed by atoms with Crippen LogP contribution in [0.15, 0.2) is 17.3 Å². The number of nitrogens with two attached hydrogens (primary N) is 1. The average molecular weight is 305 g/mol. The Labute approximate surface area is 115 Å². The Kier molecular flexibility index (Phi) is 4.02. The number of carbonyl (C=O) groups excluding carboxylic acids is 1. The minimum atomic E-state index is -3.63. The third-order valence-electron chi connectivity index (χ3n) is 3.09. The van der Waals surface area contributed by atoms with Crippen LogP contribution in [0.5, 0.6) is 0 Å². The monoisotopic (exact) mass is 304 g/mol. The lowest BCUT2D eigenvalue weighted by Gasteiger charge is -2.29. The lowest BCUT2D eigenvalue weighted by atomic mass is 9.98. The predicted octanol–water partition coefficient (Wildman–Crippen LogP) is 0.0160. The molecule has 0 bridgehead atoms. The highest BCUT2D eigenvalue weighted by atomic mass is 35.5. The summed E-state index contributed by atoms with van der Waals surface area (Å²) in [6, 6.07) is 0. The lowest BCUT2D eigenvalue weighted by molar-refractivity contribution is -0.122. The van der Waals surface area contributed by atoms with Crippen LogP contribution in [-0.2, 0) is 14.8 Å². The zero-order valence-electron chi connectivity index (χ0n) is 9.99. The van der Waals surface area contributed by atoms with Gasteiger partial charge in [-0.15, -0.1) is 0 Å². The van der Waals surface area contributed by atoms with Crippen molar-refractivity contribution >= 4 is 27.5 Å². The fourth-order valence-corrected chi connectivity index (χ4v) is 3.42. The quantitative estimate of drug-likeness (QED) is 0.792. The van der Waals surface area contributed by atoms with E-state index in [1.54, 1.807) is 0 Å². The molecule has 7 nitrogen and oxygen atoms in total. The molecular weight excluding hydrogens is 292 g/mol. The first-order valence-corrected chi connectivity index (χ1v) is 7.50. The Morgan fingerprint density at radius 3 is 2.32 bits per heavy atom. The molecule has 104 valence electrons. The number of sulfonamides is 1. The van der Waals surface area contributed by atoms with E-state index in [1.165, 1.54) is 16.7 Å². The minimum Gasteiger partial charge on any atom is -0.369 e. The highest BCUT2D eigenvalue weighted by Gasteiger charge is 2.31. The molecule has 0 unspecified atom stereocenters. The van der Waals surface area contributed by atoms with Crippen molar-refractivity contribution < 1.29 is 13.2 Å². The molecule has 9 heteroatoms. The van der Waals surface area contributed by atoms with Gasteiger partial charge in [0, 0.05) is 19.0 Å². The number of nitrogens with zero attached hydrogens (tertiary/aromatic N) is 3. The molecule has 0 saturated carbocycles. The van der Waals surface area contributed by atoms with Gasteiger partial charge in [0.1, 0.15) is 4.90 Å². The second-order valence-corrected chi connectivity index (χ2v) is 6.54. The number of piperidine rings is 1. The fourth-order valence-electron chi connectivity index (χ4n) is 1.96. The first-order valence-electron chi connectivity index (χ1n) is 5.68. The van der Waals surface area contributed by atoms with Crippen molar-refractivity contribution in [3.05, 3.63) is 17.7 Å². The number of aromatic nitrogens is 2. The summed E-state index contributed by atoms with van der Waals surface area (Å²) >= 11 is 5.52. The third kappa shape index (κ3) is 3.02. The summed E-state index contributed by atoms with van der Waals surface area (Å²) < 4.78 is 25.8. The number of halogens is 1. The van der Waals surface area contributed by atoms with Crippen molar-refractivity contribution in [3.8, 4) is 0 Å². The van der Waals surface area contributed by atoms with Gasteiger partial charge in [-0.3, -0.25) is 4.79 Å². The Morgan fingerprint density at radius 1 is 1.32 bits per heavy atom. The maximum atomic E-state index is 12.3. The van der Waals surface area contributed by atoms with Gasteiger partial charge in [-0.1, -0.05) is 0 Å². The van der Waals surface area contributed by atoms with Crippen molar-refractivity contribution in [1.29, 1.82) is 0 Å². The first-order chi connectivity index (χ1) is 8.91. The zero-order chi connectivity index (χ0) is 14.0. The molecular formula is C10H13ClN4O3S. The predicted molar refractivity (Wildman–Crippen MR) is 67.7 cm³/mol. The van der Waals surface area contributed by atoms with E-state index in [2.05, 4.69) is 9.97 Å². The number of hydrogen-bond acceptors (Lipinski definition) is 5. The van der Waals surface area contributed by atoms with Crippen molar-refractivity contribution in [1.82, 2.24) is 14.3 Å². The summed E-state index contributed by atoms with van der Waals surface area (Å²) in [5, 5.41) is -0.00798. The number of primary amides is 1. The molecule has 1 aromatic rings. The smallest absolute Gasteiger partial charge is 0.246 e. The molecule has 0 aliphatic carbocycles. The van der Waals surface area contributed by atoms with Crippen LogP contribution in [0.4, 0.5) is 0 Å². The van der Waals surface area contributed by atoms with Crippen molar-refractivity contribution in [2.45, 2.75) is 17.7 Å². The minimum absolute atomic E-state index is 0.00516. The Bertz CT molecular complexity index is 567. The van der Waals surface area contributed by atoms with E-state index >= 15 is 0 Å². The second kappa shape index (κ2) is 5.40. The van der Waals surface area contributed by atoms with Crippen LogP contribution in [0.3, 0.4) is 0 Å². The highest BCUT2D eigenvalue weighted by Crippen LogP contribution is 2.23. The van der Waals surface area contributed by atoms with E-state index in [-0.39, 0.29) is 35.1 Å². The van der Waals surface area contributed by atoms with Crippen LogP contribution in [0.25, 0.3) is 0 Å². The van der Waals surface area contributed by atoms with Crippen LogP contribution in [-0.4, -0.2) is 41.7 Å². The molecule has 1 fully saturated rings. The third-order valence-corrected chi connectivity index (χ3v) is 5.14. The van der Waals surface area contributed by atoms with E-state index in [4.69, 9.17) is 17.3 Å². The summed E-state index contributed by atoms with van der Waals surface area (Å²) in [5.74, 6) is -0.639.